The van der Waals surface area contributed by atoms with Crippen molar-refractivity contribution < 1.29 is 8.42 Å². The number of sulfonamides is 1. The highest BCUT2D eigenvalue weighted by molar-refractivity contribution is 14.0. The summed E-state index contributed by atoms with van der Waals surface area (Å²) in [5.41, 5.74) is 2.07. The molecule has 1 fully saturated rings. The summed E-state index contributed by atoms with van der Waals surface area (Å²) in [5.74, 6) is 0.709. The molecule has 0 aliphatic carbocycles. The summed E-state index contributed by atoms with van der Waals surface area (Å²) in [4.78, 5) is 6.77. The summed E-state index contributed by atoms with van der Waals surface area (Å²) in [6.45, 7) is 9.35. The number of rotatable bonds is 7. The van der Waals surface area contributed by atoms with Gasteiger partial charge in [0.15, 0.2) is 5.96 Å². The van der Waals surface area contributed by atoms with Crippen molar-refractivity contribution >= 4 is 40.0 Å². The number of aryl methyl sites for hydroxylation is 1. The van der Waals surface area contributed by atoms with Gasteiger partial charge in [-0.3, -0.25) is 9.89 Å². The van der Waals surface area contributed by atoms with Gasteiger partial charge in [-0.2, -0.15) is 0 Å². The minimum absolute atomic E-state index is 0. The standard InChI is InChI=1S/C20H35N5O2S.HI/c1-16-7-6-8-17(13-16)14-25-11-9-18(10-12-25)23-19(21-4)22-15-20(2,3)24-28(5,26)27;/h6-8,13,18,24H,9-12,14-15H2,1-5H3,(H2,21,22,23);1H. The smallest absolute Gasteiger partial charge is 0.209 e. The Morgan fingerprint density at radius 1 is 1.28 bits per heavy atom. The van der Waals surface area contributed by atoms with E-state index in [-0.39, 0.29) is 24.0 Å². The van der Waals surface area contributed by atoms with E-state index in [4.69, 9.17) is 0 Å². The van der Waals surface area contributed by atoms with Gasteiger partial charge in [-0.15, -0.1) is 24.0 Å². The largest absolute Gasteiger partial charge is 0.355 e. The first-order valence-corrected chi connectivity index (χ1v) is 11.7. The van der Waals surface area contributed by atoms with Gasteiger partial charge in [-0.05, 0) is 39.2 Å². The molecule has 2 rings (SSSR count). The van der Waals surface area contributed by atoms with Crippen LogP contribution in [0.15, 0.2) is 29.3 Å². The van der Waals surface area contributed by atoms with Crippen molar-refractivity contribution in [1.29, 1.82) is 0 Å². The van der Waals surface area contributed by atoms with E-state index in [1.165, 1.54) is 17.4 Å². The third-order valence-corrected chi connectivity index (χ3v) is 5.72. The molecule has 0 radical (unpaired) electrons. The number of piperidine rings is 1. The van der Waals surface area contributed by atoms with E-state index in [9.17, 15) is 8.42 Å². The maximum Gasteiger partial charge on any atom is 0.209 e. The Morgan fingerprint density at radius 3 is 2.48 bits per heavy atom. The molecule has 166 valence electrons. The Labute approximate surface area is 193 Å². The average molecular weight is 538 g/mol. The van der Waals surface area contributed by atoms with Crippen LogP contribution in [0.2, 0.25) is 0 Å². The van der Waals surface area contributed by atoms with Crippen molar-refractivity contribution in [1.82, 2.24) is 20.3 Å². The first kappa shape index (κ1) is 26.1. The molecule has 1 aliphatic heterocycles. The average Bonchev–Trinajstić information content (AvgIpc) is 2.58. The van der Waals surface area contributed by atoms with Crippen molar-refractivity contribution in [3.63, 3.8) is 0 Å². The van der Waals surface area contributed by atoms with Crippen molar-refractivity contribution in [2.75, 3.05) is 32.9 Å². The lowest BCUT2D eigenvalue weighted by Gasteiger charge is -2.33. The van der Waals surface area contributed by atoms with Gasteiger partial charge in [0.05, 0.1) is 6.26 Å². The summed E-state index contributed by atoms with van der Waals surface area (Å²) in [6, 6.07) is 9.06. The van der Waals surface area contributed by atoms with Crippen molar-refractivity contribution in [2.24, 2.45) is 4.99 Å². The zero-order chi connectivity index (χ0) is 20.8. The monoisotopic (exact) mass is 537 g/mol. The summed E-state index contributed by atoms with van der Waals surface area (Å²) in [5, 5.41) is 6.70. The highest BCUT2D eigenvalue weighted by atomic mass is 127. The van der Waals surface area contributed by atoms with E-state index in [2.05, 4.69) is 56.4 Å². The molecule has 0 aromatic heterocycles. The summed E-state index contributed by atoms with van der Waals surface area (Å²) in [6.07, 6.45) is 3.28. The lowest BCUT2D eigenvalue weighted by molar-refractivity contribution is 0.198. The molecule has 1 aromatic carbocycles. The van der Waals surface area contributed by atoms with Crippen LogP contribution in [0, 0.1) is 6.92 Å². The molecule has 29 heavy (non-hydrogen) atoms. The normalized spacial score (nSPS) is 16.9. The highest BCUT2D eigenvalue weighted by Crippen LogP contribution is 2.14. The van der Waals surface area contributed by atoms with Crippen LogP contribution in [-0.2, 0) is 16.6 Å². The molecular weight excluding hydrogens is 501 g/mol. The van der Waals surface area contributed by atoms with E-state index >= 15 is 0 Å². The molecule has 0 bridgehead atoms. The van der Waals surface area contributed by atoms with Crippen molar-refractivity contribution in [3.05, 3.63) is 35.4 Å². The molecule has 3 N–H and O–H groups in total. The number of likely N-dealkylation sites (tertiary alicyclic amines) is 1. The van der Waals surface area contributed by atoms with E-state index in [1.54, 1.807) is 7.05 Å². The predicted octanol–water partition coefficient (Wildman–Crippen LogP) is 2.07. The van der Waals surface area contributed by atoms with Crippen LogP contribution in [0.1, 0.15) is 37.8 Å². The fourth-order valence-corrected chi connectivity index (χ4v) is 4.61. The maximum atomic E-state index is 11.5. The number of nitrogens with zero attached hydrogens (tertiary/aromatic N) is 2. The second-order valence-corrected chi connectivity index (χ2v) is 10.1. The van der Waals surface area contributed by atoms with Crippen LogP contribution in [0.25, 0.3) is 0 Å². The maximum absolute atomic E-state index is 11.5. The van der Waals surface area contributed by atoms with Crippen LogP contribution in [-0.4, -0.2) is 63.8 Å². The number of hydrogen-bond acceptors (Lipinski definition) is 4. The highest BCUT2D eigenvalue weighted by Gasteiger charge is 2.24. The molecule has 1 saturated heterocycles. The zero-order valence-electron chi connectivity index (χ0n) is 18.2. The second-order valence-electron chi connectivity index (χ2n) is 8.37. The van der Waals surface area contributed by atoms with Crippen LogP contribution < -0.4 is 15.4 Å². The summed E-state index contributed by atoms with van der Waals surface area (Å²) in [7, 11) is -1.52. The fraction of sp³-hybridized carbons (Fsp3) is 0.650. The summed E-state index contributed by atoms with van der Waals surface area (Å²) >= 11 is 0. The minimum atomic E-state index is -3.25. The molecule has 1 aliphatic rings. The van der Waals surface area contributed by atoms with Crippen LogP contribution in [0.3, 0.4) is 0 Å². The van der Waals surface area contributed by atoms with Crippen LogP contribution in [0.5, 0.6) is 0 Å². The first-order chi connectivity index (χ1) is 13.1. The molecule has 0 saturated carbocycles. The molecule has 0 atom stereocenters. The minimum Gasteiger partial charge on any atom is -0.355 e. The SMILES string of the molecule is CN=C(NCC(C)(C)NS(C)(=O)=O)NC1CCN(Cc2cccc(C)c2)CC1.I. The molecule has 0 amide bonds. The lowest BCUT2D eigenvalue weighted by atomic mass is 10.0. The zero-order valence-corrected chi connectivity index (χ0v) is 21.3. The van der Waals surface area contributed by atoms with Gasteiger partial charge in [-0.1, -0.05) is 29.8 Å². The Kier molecular flexibility index (Phi) is 10.3. The molecule has 9 heteroatoms. The van der Waals surface area contributed by atoms with Crippen LogP contribution in [0.4, 0.5) is 0 Å². The summed E-state index contributed by atoms with van der Waals surface area (Å²) < 4.78 is 25.6. The predicted molar refractivity (Wildman–Crippen MR) is 131 cm³/mol. The Morgan fingerprint density at radius 2 is 1.93 bits per heavy atom. The number of halogens is 1. The Hall–Kier alpha value is -0.910. The molecule has 0 spiro atoms. The molecule has 1 aromatic rings. The number of aliphatic imine (C=N–C) groups is 1. The molecule has 7 nitrogen and oxygen atoms in total. The number of hydrogen-bond donors (Lipinski definition) is 3. The van der Waals surface area contributed by atoms with E-state index in [0.29, 0.717) is 18.5 Å². The lowest BCUT2D eigenvalue weighted by Crippen LogP contribution is -2.55. The van der Waals surface area contributed by atoms with Gasteiger partial charge in [0, 0.05) is 44.8 Å². The van der Waals surface area contributed by atoms with Gasteiger partial charge >= 0.3 is 0 Å². The number of nitrogens with one attached hydrogen (secondary N) is 3. The van der Waals surface area contributed by atoms with Gasteiger partial charge in [0.25, 0.3) is 0 Å². The number of guanidine groups is 1. The fourth-order valence-electron chi connectivity index (χ4n) is 3.53. The van der Waals surface area contributed by atoms with Gasteiger partial charge in [-0.25, -0.2) is 13.1 Å². The van der Waals surface area contributed by atoms with Crippen LogP contribution >= 0.6 is 24.0 Å². The number of benzene rings is 1. The van der Waals surface area contributed by atoms with Gasteiger partial charge in [0.2, 0.25) is 10.0 Å². The van der Waals surface area contributed by atoms with Gasteiger partial charge in [0.1, 0.15) is 0 Å². The first-order valence-electron chi connectivity index (χ1n) is 9.80. The molecular formula is C20H36IN5O2S. The van der Waals surface area contributed by atoms with E-state index in [0.717, 1.165) is 32.5 Å². The third-order valence-electron chi connectivity index (χ3n) is 4.80. The quantitative estimate of drug-likeness (QED) is 0.282. The topological polar surface area (TPSA) is 85.8 Å². The Balaban J connectivity index is 0.00000420. The van der Waals surface area contributed by atoms with E-state index in [1.807, 2.05) is 13.8 Å². The Bertz CT molecular complexity index is 775. The molecule has 1 heterocycles. The van der Waals surface area contributed by atoms with Crippen molar-refractivity contribution in [2.45, 2.75) is 51.7 Å². The molecule has 0 unspecified atom stereocenters. The van der Waals surface area contributed by atoms with Crippen molar-refractivity contribution in [3.8, 4) is 0 Å². The van der Waals surface area contributed by atoms with E-state index < -0.39 is 15.6 Å². The van der Waals surface area contributed by atoms with Gasteiger partial charge < -0.3 is 10.6 Å². The second kappa shape index (κ2) is 11.5. The third kappa shape index (κ3) is 10.1.